The van der Waals surface area contributed by atoms with E-state index in [1.165, 1.54) is 49.7 Å². The van der Waals surface area contributed by atoms with E-state index in [1.807, 2.05) is 0 Å². The molecule has 23 heavy (non-hydrogen) atoms. The zero-order chi connectivity index (χ0) is 16.6. The quantitative estimate of drug-likeness (QED) is 0.650. The Labute approximate surface area is 143 Å². The first-order valence-electron chi connectivity index (χ1n) is 9.58. The first-order chi connectivity index (χ1) is 10.7. The van der Waals surface area contributed by atoms with Crippen molar-refractivity contribution in [2.24, 2.45) is 17.8 Å². The van der Waals surface area contributed by atoms with Crippen LogP contribution in [0.2, 0.25) is 0 Å². The first kappa shape index (κ1) is 16.2. The molecule has 4 bridgehead atoms. The molecule has 0 aromatic carbocycles. The zero-order valence-electron chi connectivity index (χ0n) is 15.9. The number of hydrogen-bond acceptors (Lipinski definition) is 1. The molecular formula is C21H34NP. The second kappa shape index (κ2) is 5.12. The fraction of sp³-hybridized carbons (Fsp3) is 0.762. The highest BCUT2D eigenvalue weighted by atomic mass is 31.2. The number of hydrogen-bond donors (Lipinski definition) is 1. The molecule has 128 valence electrons. The van der Waals surface area contributed by atoms with Gasteiger partial charge in [-0.2, -0.15) is 0 Å². The fourth-order valence-corrected chi connectivity index (χ4v) is 10.5. The van der Waals surface area contributed by atoms with Crippen molar-refractivity contribution in [3.05, 3.63) is 22.3 Å². The summed E-state index contributed by atoms with van der Waals surface area (Å²) in [7, 11) is -1.28. The summed E-state index contributed by atoms with van der Waals surface area (Å²) in [4.78, 5) is 0. The average Bonchev–Trinajstić information content (AvgIpc) is 2.60. The standard InChI is InChI=1S/C21H34NP/c1-13-14(2)16(4)20(15(13)3)23(5,6)22-21-10-17-7-18(11-21)9-19(8-17)12-21/h17-19,22H,7-12H2,1-6H3. The van der Waals surface area contributed by atoms with Gasteiger partial charge >= 0.3 is 0 Å². The van der Waals surface area contributed by atoms with Crippen LogP contribution < -0.4 is 5.09 Å². The molecule has 5 aliphatic carbocycles. The normalized spacial score (nSPS) is 39.9. The van der Waals surface area contributed by atoms with E-state index in [9.17, 15) is 0 Å². The molecule has 4 fully saturated rings. The molecular weight excluding hydrogens is 297 g/mol. The van der Waals surface area contributed by atoms with Gasteiger partial charge in [0, 0.05) is 5.54 Å². The summed E-state index contributed by atoms with van der Waals surface area (Å²) in [6, 6.07) is 0. The Morgan fingerprint density at radius 1 is 0.739 bits per heavy atom. The molecule has 0 amide bonds. The maximum atomic E-state index is 4.35. The zero-order valence-corrected chi connectivity index (χ0v) is 16.8. The Morgan fingerprint density at radius 2 is 1.13 bits per heavy atom. The Morgan fingerprint density at radius 3 is 1.52 bits per heavy atom. The van der Waals surface area contributed by atoms with Crippen LogP contribution >= 0.6 is 7.04 Å². The molecule has 1 N–H and O–H groups in total. The highest BCUT2D eigenvalue weighted by molar-refractivity contribution is 7.74. The smallest absolute Gasteiger partial charge is 0.0225 e. The van der Waals surface area contributed by atoms with E-state index in [0.29, 0.717) is 5.54 Å². The largest absolute Gasteiger partial charge is 0.291 e. The molecule has 0 heterocycles. The van der Waals surface area contributed by atoms with Crippen molar-refractivity contribution in [3.63, 3.8) is 0 Å². The Hall–Kier alpha value is -0.260. The molecule has 0 aromatic rings. The van der Waals surface area contributed by atoms with E-state index in [2.05, 4.69) is 46.1 Å². The topological polar surface area (TPSA) is 12.0 Å². The van der Waals surface area contributed by atoms with Gasteiger partial charge in [-0.1, -0.05) is 0 Å². The third kappa shape index (κ3) is 2.46. The lowest BCUT2D eigenvalue weighted by Gasteiger charge is -2.58. The lowest BCUT2D eigenvalue weighted by atomic mass is 9.53. The van der Waals surface area contributed by atoms with Crippen LogP contribution in [0.25, 0.3) is 0 Å². The number of rotatable bonds is 2. The molecule has 0 saturated heterocycles. The van der Waals surface area contributed by atoms with E-state index < -0.39 is 7.04 Å². The predicted octanol–water partition coefficient (Wildman–Crippen LogP) is 5.60. The van der Waals surface area contributed by atoms with Crippen molar-refractivity contribution in [1.82, 2.24) is 5.09 Å². The molecule has 0 aromatic heterocycles. The van der Waals surface area contributed by atoms with Gasteiger partial charge in [0.05, 0.1) is 0 Å². The van der Waals surface area contributed by atoms with Gasteiger partial charge < -0.3 is 0 Å². The number of allylic oxidation sites excluding steroid dienone is 4. The monoisotopic (exact) mass is 331 g/mol. The van der Waals surface area contributed by atoms with Crippen LogP contribution in [0, 0.1) is 17.8 Å². The van der Waals surface area contributed by atoms with Crippen LogP contribution in [0.15, 0.2) is 22.3 Å². The summed E-state index contributed by atoms with van der Waals surface area (Å²) < 4.78 is 0. The molecule has 0 unspecified atom stereocenters. The van der Waals surface area contributed by atoms with Crippen LogP contribution in [0.3, 0.4) is 0 Å². The second-order valence-corrected chi connectivity index (χ2v) is 13.2. The van der Waals surface area contributed by atoms with Gasteiger partial charge in [-0.3, -0.25) is 5.09 Å². The fourth-order valence-electron chi connectivity index (χ4n) is 6.93. The maximum absolute atomic E-state index is 4.35. The number of nitrogens with one attached hydrogen (secondary N) is 1. The molecule has 0 radical (unpaired) electrons. The third-order valence-corrected chi connectivity index (χ3v) is 10.3. The lowest BCUT2D eigenvalue weighted by molar-refractivity contribution is -0.00768. The van der Waals surface area contributed by atoms with Gasteiger partial charge in [0.1, 0.15) is 0 Å². The minimum atomic E-state index is -1.28. The summed E-state index contributed by atoms with van der Waals surface area (Å²) in [6.07, 6.45) is 8.98. The highest BCUT2D eigenvalue weighted by Crippen LogP contribution is 2.59. The van der Waals surface area contributed by atoms with Crippen LogP contribution in [0.5, 0.6) is 0 Å². The van der Waals surface area contributed by atoms with Crippen LogP contribution in [-0.2, 0) is 0 Å². The molecule has 0 atom stereocenters. The van der Waals surface area contributed by atoms with Gasteiger partial charge in [0.25, 0.3) is 0 Å². The van der Waals surface area contributed by atoms with E-state index in [0.717, 1.165) is 17.8 Å². The van der Waals surface area contributed by atoms with Crippen LogP contribution in [-0.4, -0.2) is 24.2 Å². The van der Waals surface area contributed by atoms with Crippen molar-refractivity contribution in [1.29, 1.82) is 0 Å². The molecule has 0 spiro atoms. The molecule has 1 nitrogen and oxygen atoms in total. The minimum Gasteiger partial charge on any atom is -0.291 e. The van der Waals surface area contributed by atoms with Crippen molar-refractivity contribution in [2.45, 2.75) is 71.8 Å². The molecule has 5 rings (SSSR count). The Kier molecular flexibility index (Phi) is 3.61. The van der Waals surface area contributed by atoms with Crippen LogP contribution in [0.4, 0.5) is 0 Å². The van der Waals surface area contributed by atoms with Crippen LogP contribution in [0.1, 0.15) is 66.2 Å². The SMILES string of the molecule is CC1=C(C)C(=P(C)(C)NC23CC4CC(CC(C4)C2)C3)C(C)=C1C. The summed E-state index contributed by atoms with van der Waals surface area (Å²) in [5.41, 5.74) is 6.66. The molecule has 4 saturated carbocycles. The van der Waals surface area contributed by atoms with Gasteiger partial charge in [-0.25, -0.2) is 0 Å². The van der Waals surface area contributed by atoms with Gasteiger partial charge in [-0.05, 0) is 132 Å². The van der Waals surface area contributed by atoms with E-state index in [4.69, 9.17) is 0 Å². The van der Waals surface area contributed by atoms with E-state index >= 15 is 0 Å². The maximum Gasteiger partial charge on any atom is 0.0225 e. The molecule has 0 aliphatic heterocycles. The van der Waals surface area contributed by atoms with E-state index in [-0.39, 0.29) is 0 Å². The van der Waals surface area contributed by atoms with Crippen molar-refractivity contribution < 1.29 is 0 Å². The first-order valence-corrected chi connectivity index (χ1v) is 12.3. The summed E-state index contributed by atoms with van der Waals surface area (Å²) in [6.45, 7) is 14.4. The lowest BCUT2D eigenvalue weighted by Crippen LogP contribution is -2.57. The molecule has 2 heteroatoms. The summed E-state index contributed by atoms with van der Waals surface area (Å²) in [5, 5.41) is 6.03. The van der Waals surface area contributed by atoms with Crippen molar-refractivity contribution >= 4 is 12.3 Å². The second-order valence-electron chi connectivity index (χ2n) is 9.61. The van der Waals surface area contributed by atoms with Gasteiger partial charge in [-0.15, -0.1) is 0 Å². The van der Waals surface area contributed by atoms with Gasteiger partial charge in [0.2, 0.25) is 0 Å². The minimum absolute atomic E-state index is 0.476. The average molecular weight is 331 g/mol. The summed E-state index contributed by atoms with van der Waals surface area (Å²) >= 11 is 0. The predicted molar refractivity (Wildman–Crippen MR) is 105 cm³/mol. The molecule has 5 aliphatic rings. The Bertz CT molecular complexity index is 609. The van der Waals surface area contributed by atoms with E-state index in [1.54, 1.807) is 16.4 Å². The van der Waals surface area contributed by atoms with Crippen molar-refractivity contribution in [2.75, 3.05) is 13.3 Å². The summed E-state index contributed by atoms with van der Waals surface area (Å²) in [5.74, 6) is 3.08. The van der Waals surface area contributed by atoms with Gasteiger partial charge in [0.15, 0.2) is 0 Å². The Balaban J connectivity index is 1.72. The van der Waals surface area contributed by atoms with Crippen molar-refractivity contribution in [3.8, 4) is 0 Å². The highest BCUT2D eigenvalue weighted by Gasteiger charge is 2.51. The third-order valence-electron chi connectivity index (χ3n) is 7.51.